The topological polar surface area (TPSA) is 97.1 Å². The molecule has 2 heterocycles. The second-order valence-corrected chi connectivity index (χ2v) is 4.90. The summed E-state index contributed by atoms with van der Waals surface area (Å²) >= 11 is 0. The summed E-state index contributed by atoms with van der Waals surface area (Å²) in [4.78, 5) is 31.9. The molecular formula is C17H14N4O3. The van der Waals surface area contributed by atoms with Crippen molar-refractivity contribution in [3.05, 3.63) is 77.9 Å². The summed E-state index contributed by atoms with van der Waals surface area (Å²) in [5.41, 5.74) is 1.42. The fraction of sp³-hybridized carbons (Fsp3) is 0.0588. The van der Waals surface area contributed by atoms with Gasteiger partial charge in [-0.1, -0.05) is 24.3 Å². The minimum Gasteiger partial charge on any atom is -0.431 e. The number of anilines is 1. The van der Waals surface area contributed by atoms with E-state index in [0.29, 0.717) is 12.1 Å². The monoisotopic (exact) mass is 322 g/mol. The van der Waals surface area contributed by atoms with Crippen molar-refractivity contribution in [1.29, 1.82) is 0 Å². The second-order valence-electron chi connectivity index (χ2n) is 4.90. The van der Waals surface area contributed by atoms with Gasteiger partial charge in [0.05, 0.1) is 0 Å². The molecule has 1 aromatic carbocycles. The van der Waals surface area contributed by atoms with Gasteiger partial charge in [0.15, 0.2) is 5.69 Å². The molecule has 120 valence electrons. The number of amides is 2. The van der Waals surface area contributed by atoms with Gasteiger partial charge in [-0.2, -0.15) is 4.98 Å². The van der Waals surface area contributed by atoms with Crippen LogP contribution in [0.4, 0.5) is 6.01 Å². The zero-order chi connectivity index (χ0) is 16.8. The summed E-state index contributed by atoms with van der Waals surface area (Å²) in [5, 5.41) is 5.20. The summed E-state index contributed by atoms with van der Waals surface area (Å²) in [5.74, 6) is -0.761. The van der Waals surface area contributed by atoms with Crippen molar-refractivity contribution in [3.8, 4) is 0 Å². The van der Waals surface area contributed by atoms with Crippen molar-refractivity contribution in [2.45, 2.75) is 6.54 Å². The molecule has 0 saturated heterocycles. The van der Waals surface area contributed by atoms with Gasteiger partial charge in [-0.25, -0.2) is 0 Å². The predicted octanol–water partition coefficient (Wildman–Crippen LogP) is 2.25. The Morgan fingerprint density at radius 1 is 1.04 bits per heavy atom. The standard InChI is InChI=1S/C17H14N4O3/c22-15(13-6-2-1-3-7-13)21-17-20-14(11-24-17)16(23)19-10-12-5-4-8-18-9-12/h1-9,11H,10H2,(H,19,23)(H,20,21,22). The lowest BCUT2D eigenvalue weighted by Gasteiger charge is -2.02. The first kappa shape index (κ1) is 15.4. The molecule has 2 amide bonds. The first-order chi connectivity index (χ1) is 11.7. The molecule has 7 heteroatoms. The van der Waals surface area contributed by atoms with Gasteiger partial charge in [-0.3, -0.25) is 19.9 Å². The zero-order valence-electron chi connectivity index (χ0n) is 12.6. The van der Waals surface area contributed by atoms with Gasteiger partial charge in [-0.05, 0) is 23.8 Å². The lowest BCUT2D eigenvalue weighted by molar-refractivity contribution is 0.0944. The van der Waals surface area contributed by atoms with Gasteiger partial charge in [-0.15, -0.1) is 0 Å². The number of hydrogen-bond acceptors (Lipinski definition) is 5. The number of rotatable bonds is 5. The van der Waals surface area contributed by atoms with Crippen molar-refractivity contribution in [1.82, 2.24) is 15.3 Å². The average Bonchev–Trinajstić information content (AvgIpc) is 3.10. The normalized spacial score (nSPS) is 10.2. The van der Waals surface area contributed by atoms with E-state index in [9.17, 15) is 9.59 Å². The fourth-order valence-electron chi connectivity index (χ4n) is 1.97. The van der Waals surface area contributed by atoms with Gasteiger partial charge in [0.25, 0.3) is 11.8 Å². The van der Waals surface area contributed by atoms with Crippen LogP contribution in [0.15, 0.2) is 65.5 Å². The number of aromatic nitrogens is 2. The maximum atomic E-state index is 12.0. The highest BCUT2D eigenvalue weighted by Crippen LogP contribution is 2.10. The fourth-order valence-corrected chi connectivity index (χ4v) is 1.97. The van der Waals surface area contributed by atoms with Crippen molar-refractivity contribution >= 4 is 17.8 Å². The van der Waals surface area contributed by atoms with E-state index >= 15 is 0 Å². The summed E-state index contributed by atoms with van der Waals surface area (Å²) in [7, 11) is 0. The minimum atomic E-state index is -0.400. The quantitative estimate of drug-likeness (QED) is 0.751. The molecule has 24 heavy (non-hydrogen) atoms. The molecule has 0 saturated carbocycles. The number of benzene rings is 1. The molecule has 0 atom stereocenters. The van der Waals surface area contributed by atoms with E-state index in [2.05, 4.69) is 20.6 Å². The predicted molar refractivity (Wildman–Crippen MR) is 86.3 cm³/mol. The summed E-state index contributed by atoms with van der Waals surface area (Å²) in [6, 6.07) is 12.3. The molecule has 2 N–H and O–H groups in total. The number of oxazole rings is 1. The van der Waals surface area contributed by atoms with Gasteiger partial charge in [0.2, 0.25) is 0 Å². The van der Waals surface area contributed by atoms with Crippen molar-refractivity contribution in [2.75, 3.05) is 5.32 Å². The van der Waals surface area contributed by atoms with Crippen LogP contribution in [0, 0.1) is 0 Å². The average molecular weight is 322 g/mol. The molecule has 0 bridgehead atoms. The van der Waals surface area contributed by atoms with Gasteiger partial charge in [0.1, 0.15) is 6.26 Å². The Morgan fingerprint density at radius 3 is 2.62 bits per heavy atom. The summed E-state index contributed by atoms with van der Waals surface area (Å²) < 4.78 is 5.11. The van der Waals surface area contributed by atoms with Crippen molar-refractivity contribution < 1.29 is 14.0 Å². The summed E-state index contributed by atoms with van der Waals surface area (Å²) in [6.07, 6.45) is 4.51. The van der Waals surface area contributed by atoms with E-state index in [1.807, 2.05) is 12.1 Å². The third-order valence-corrected chi connectivity index (χ3v) is 3.17. The molecule has 3 rings (SSSR count). The highest BCUT2D eigenvalue weighted by atomic mass is 16.4. The number of nitrogens with zero attached hydrogens (tertiary/aromatic N) is 2. The zero-order valence-corrected chi connectivity index (χ0v) is 12.6. The molecule has 0 aliphatic heterocycles. The highest BCUT2D eigenvalue weighted by Gasteiger charge is 2.14. The van der Waals surface area contributed by atoms with Gasteiger partial charge < -0.3 is 9.73 Å². The van der Waals surface area contributed by atoms with Crippen LogP contribution in [0.5, 0.6) is 0 Å². The van der Waals surface area contributed by atoms with Gasteiger partial charge >= 0.3 is 6.01 Å². The number of hydrogen-bond donors (Lipinski definition) is 2. The Hall–Kier alpha value is -3.48. The molecule has 0 radical (unpaired) electrons. The smallest absolute Gasteiger partial charge is 0.302 e. The van der Waals surface area contributed by atoms with Crippen LogP contribution in [-0.4, -0.2) is 21.8 Å². The minimum absolute atomic E-state index is 0.0321. The van der Waals surface area contributed by atoms with E-state index in [1.54, 1.807) is 42.7 Å². The van der Waals surface area contributed by atoms with E-state index in [4.69, 9.17) is 4.42 Å². The lowest BCUT2D eigenvalue weighted by atomic mass is 10.2. The molecule has 0 fully saturated rings. The number of carbonyl (C=O) groups is 2. The van der Waals surface area contributed by atoms with Crippen LogP contribution in [0.2, 0.25) is 0 Å². The Morgan fingerprint density at radius 2 is 1.88 bits per heavy atom. The van der Waals surface area contributed by atoms with E-state index in [-0.39, 0.29) is 17.6 Å². The third-order valence-electron chi connectivity index (χ3n) is 3.17. The first-order valence-electron chi connectivity index (χ1n) is 7.21. The molecule has 7 nitrogen and oxygen atoms in total. The van der Waals surface area contributed by atoms with Crippen LogP contribution >= 0.6 is 0 Å². The molecule has 0 aliphatic rings. The van der Waals surface area contributed by atoms with Crippen LogP contribution in [0.25, 0.3) is 0 Å². The summed E-state index contributed by atoms with van der Waals surface area (Å²) in [6.45, 7) is 0.325. The van der Waals surface area contributed by atoms with E-state index in [0.717, 1.165) is 5.56 Å². The number of nitrogens with one attached hydrogen (secondary N) is 2. The molecular weight excluding hydrogens is 308 g/mol. The van der Waals surface area contributed by atoms with Crippen LogP contribution in [-0.2, 0) is 6.54 Å². The Bertz CT molecular complexity index is 831. The SMILES string of the molecule is O=C(Nc1nc(C(=O)NCc2cccnc2)co1)c1ccccc1. The van der Waals surface area contributed by atoms with E-state index in [1.165, 1.54) is 6.26 Å². The lowest BCUT2D eigenvalue weighted by Crippen LogP contribution is -2.23. The molecule has 2 aromatic heterocycles. The largest absolute Gasteiger partial charge is 0.431 e. The maximum Gasteiger partial charge on any atom is 0.302 e. The molecule has 0 spiro atoms. The second kappa shape index (κ2) is 7.19. The molecule has 0 aliphatic carbocycles. The maximum absolute atomic E-state index is 12.0. The number of pyridine rings is 1. The molecule has 0 unspecified atom stereocenters. The highest BCUT2D eigenvalue weighted by molar-refractivity contribution is 6.03. The Labute approximate surface area is 137 Å². The third kappa shape index (κ3) is 3.83. The first-order valence-corrected chi connectivity index (χ1v) is 7.21. The van der Waals surface area contributed by atoms with Crippen molar-refractivity contribution in [2.24, 2.45) is 0 Å². The van der Waals surface area contributed by atoms with Crippen LogP contribution in [0.3, 0.4) is 0 Å². The Balaban J connectivity index is 1.58. The van der Waals surface area contributed by atoms with Gasteiger partial charge in [0, 0.05) is 24.5 Å². The number of carbonyl (C=O) groups excluding carboxylic acids is 2. The van der Waals surface area contributed by atoms with Crippen molar-refractivity contribution in [3.63, 3.8) is 0 Å². The molecule has 3 aromatic rings. The van der Waals surface area contributed by atoms with Crippen LogP contribution in [0.1, 0.15) is 26.4 Å². The van der Waals surface area contributed by atoms with E-state index < -0.39 is 5.91 Å². The van der Waals surface area contributed by atoms with Crippen LogP contribution < -0.4 is 10.6 Å². The Kier molecular flexibility index (Phi) is 4.62.